The van der Waals surface area contributed by atoms with E-state index in [4.69, 9.17) is 27.1 Å². The number of nitrogen functional groups attached to an aromatic ring is 1. The van der Waals surface area contributed by atoms with Crippen LogP contribution in [0.3, 0.4) is 0 Å². The number of halogens is 1. The van der Waals surface area contributed by atoms with E-state index in [-0.39, 0.29) is 0 Å². The number of nitrogens with zero attached hydrogens (tertiary/aromatic N) is 1. The second-order valence-corrected chi connectivity index (χ2v) is 6.72. The van der Waals surface area contributed by atoms with Crippen LogP contribution in [0.15, 0.2) is 42.5 Å². The molecule has 1 aromatic heterocycles. The summed E-state index contributed by atoms with van der Waals surface area (Å²) < 4.78 is 6.07. The molecule has 3 aromatic rings. The van der Waals surface area contributed by atoms with Crippen LogP contribution in [-0.4, -0.2) is 4.98 Å². The molecule has 2 aromatic carbocycles. The molecule has 1 fully saturated rings. The molecule has 0 atom stereocenters. The van der Waals surface area contributed by atoms with E-state index in [2.05, 4.69) is 19.1 Å². The summed E-state index contributed by atoms with van der Waals surface area (Å²) in [6.45, 7) is 2.06. The Hall–Kier alpha value is -2.26. The molecule has 0 unspecified atom stereocenters. The Balaban J connectivity index is 1.68. The highest BCUT2D eigenvalue weighted by atomic mass is 35.5. The fourth-order valence-corrected chi connectivity index (χ4v) is 3.24. The number of rotatable bonds is 4. The van der Waals surface area contributed by atoms with E-state index in [0.29, 0.717) is 22.4 Å². The van der Waals surface area contributed by atoms with Crippen LogP contribution >= 0.6 is 11.6 Å². The highest BCUT2D eigenvalue weighted by Gasteiger charge is 2.24. The van der Waals surface area contributed by atoms with Crippen LogP contribution < -0.4 is 10.5 Å². The van der Waals surface area contributed by atoms with Crippen LogP contribution in [0.25, 0.3) is 10.9 Å². The topological polar surface area (TPSA) is 48.1 Å². The molecule has 1 aliphatic rings. The number of aryl methyl sites for hydroxylation is 1. The molecule has 24 heavy (non-hydrogen) atoms. The van der Waals surface area contributed by atoms with Crippen molar-refractivity contribution in [2.45, 2.75) is 32.1 Å². The van der Waals surface area contributed by atoms with Crippen molar-refractivity contribution in [3.05, 3.63) is 58.7 Å². The fourth-order valence-electron chi connectivity index (χ4n) is 2.96. The van der Waals surface area contributed by atoms with Crippen LogP contribution in [0.1, 0.15) is 36.9 Å². The Labute approximate surface area is 146 Å². The highest BCUT2D eigenvalue weighted by Crippen LogP contribution is 2.40. The van der Waals surface area contributed by atoms with E-state index in [1.165, 1.54) is 18.5 Å². The Kier molecular flexibility index (Phi) is 3.81. The quantitative estimate of drug-likeness (QED) is 0.620. The molecule has 0 saturated heterocycles. The van der Waals surface area contributed by atoms with Crippen molar-refractivity contribution in [1.29, 1.82) is 0 Å². The number of hydrogen-bond donors (Lipinski definition) is 1. The number of hydrogen-bond acceptors (Lipinski definition) is 3. The third kappa shape index (κ3) is 2.92. The summed E-state index contributed by atoms with van der Waals surface area (Å²) in [6.07, 6.45) is 3.32. The summed E-state index contributed by atoms with van der Waals surface area (Å²) in [5, 5.41) is 1.61. The standard InChI is InChI=1S/C20H19ClN2O/c1-2-12-9-15(22)11-17(21)20(12)24-16-6-8-19-14(10-16)5-7-18(23-19)13-3-4-13/h5-11,13H,2-4,22H2,1H3. The first-order valence-corrected chi connectivity index (χ1v) is 8.68. The number of anilines is 1. The lowest BCUT2D eigenvalue weighted by Gasteiger charge is -2.13. The van der Waals surface area contributed by atoms with E-state index in [1.54, 1.807) is 6.07 Å². The summed E-state index contributed by atoms with van der Waals surface area (Å²) in [4.78, 5) is 4.75. The van der Waals surface area contributed by atoms with Gasteiger partial charge in [0, 0.05) is 22.7 Å². The van der Waals surface area contributed by atoms with Crippen LogP contribution in [0.4, 0.5) is 5.69 Å². The third-order valence-electron chi connectivity index (χ3n) is 4.42. The van der Waals surface area contributed by atoms with Gasteiger partial charge < -0.3 is 10.5 Å². The molecule has 2 N–H and O–H groups in total. The number of nitrogens with two attached hydrogens (primary N) is 1. The third-order valence-corrected chi connectivity index (χ3v) is 4.70. The predicted molar refractivity (Wildman–Crippen MR) is 99.0 cm³/mol. The monoisotopic (exact) mass is 338 g/mol. The molecule has 1 aliphatic carbocycles. The average molecular weight is 339 g/mol. The second kappa shape index (κ2) is 5.99. The van der Waals surface area contributed by atoms with Gasteiger partial charge in [-0.2, -0.15) is 0 Å². The lowest BCUT2D eigenvalue weighted by molar-refractivity contribution is 0.478. The van der Waals surface area contributed by atoms with Gasteiger partial charge in [-0.1, -0.05) is 24.6 Å². The Morgan fingerprint density at radius 1 is 1.17 bits per heavy atom. The summed E-state index contributed by atoms with van der Waals surface area (Å²) in [5.74, 6) is 2.09. The smallest absolute Gasteiger partial charge is 0.149 e. The first-order valence-electron chi connectivity index (χ1n) is 8.30. The fraction of sp³-hybridized carbons (Fsp3) is 0.250. The van der Waals surface area contributed by atoms with Gasteiger partial charge in [0.1, 0.15) is 11.5 Å². The largest absolute Gasteiger partial charge is 0.455 e. The van der Waals surface area contributed by atoms with Crippen molar-refractivity contribution in [3.63, 3.8) is 0 Å². The maximum Gasteiger partial charge on any atom is 0.149 e. The van der Waals surface area contributed by atoms with Gasteiger partial charge in [-0.3, -0.25) is 4.98 Å². The van der Waals surface area contributed by atoms with Gasteiger partial charge in [0.05, 0.1) is 10.5 Å². The maximum atomic E-state index is 6.33. The number of ether oxygens (including phenoxy) is 1. The van der Waals surface area contributed by atoms with Crippen molar-refractivity contribution in [3.8, 4) is 11.5 Å². The van der Waals surface area contributed by atoms with E-state index in [0.717, 1.165) is 28.6 Å². The van der Waals surface area contributed by atoms with Gasteiger partial charge >= 0.3 is 0 Å². The summed E-state index contributed by atoms with van der Waals surface area (Å²) >= 11 is 6.33. The van der Waals surface area contributed by atoms with Crippen molar-refractivity contribution < 1.29 is 4.74 Å². The number of benzene rings is 2. The zero-order chi connectivity index (χ0) is 16.7. The minimum Gasteiger partial charge on any atom is -0.455 e. The summed E-state index contributed by atoms with van der Waals surface area (Å²) in [7, 11) is 0. The Bertz CT molecular complexity index is 919. The molecule has 0 amide bonds. The van der Waals surface area contributed by atoms with Gasteiger partial charge in [-0.15, -0.1) is 0 Å². The Morgan fingerprint density at radius 3 is 2.75 bits per heavy atom. The SMILES string of the molecule is CCc1cc(N)cc(Cl)c1Oc1ccc2nc(C3CC3)ccc2c1. The minimum absolute atomic E-state index is 0.536. The average Bonchev–Trinajstić information content (AvgIpc) is 3.41. The molecular weight excluding hydrogens is 320 g/mol. The van der Waals surface area contributed by atoms with E-state index < -0.39 is 0 Å². The molecular formula is C20H19ClN2O. The maximum absolute atomic E-state index is 6.33. The van der Waals surface area contributed by atoms with Crippen molar-refractivity contribution in [2.75, 3.05) is 5.73 Å². The normalized spacial score (nSPS) is 14.1. The van der Waals surface area contributed by atoms with Crippen LogP contribution in [0.2, 0.25) is 5.02 Å². The molecule has 122 valence electrons. The Morgan fingerprint density at radius 2 is 2.00 bits per heavy atom. The van der Waals surface area contributed by atoms with Gasteiger partial charge in [0.25, 0.3) is 0 Å². The molecule has 0 bridgehead atoms. The highest BCUT2D eigenvalue weighted by molar-refractivity contribution is 6.32. The van der Waals surface area contributed by atoms with Gasteiger partial charge in [0.2, 0.25) is 0 Å². The molecule has 3 nitrogen and oxygen atoms in total. The molecule has 1 heterocycles. The zero-order valence-corrected chi connectivity index (χ0v) is 14.3. The minimum atomic E-state index is 0.536. The van der Waals surface area contributed by atoms with Crippen LogP contribution in [0, 0.1) is 0 Å². The van der Waals surface area contributed by atoms with Crippen LogP contribution in [-0.2, 0) is 6.42 Å². The van der Waals surface area contributed by atoms with E-state index in [9.17, 15) is 0 Å². The van der Waals surface area contributed by atoms with Crippen LogP contribution in [0.5, 0.6) is 11.5 Å². The predicted octanol–water partition coefficient (Wildman–Crippen LogP) is 5.70. The van der Waals surface area contributed by atoms with Gasteiger partial charge in [0.15, 0.2) is 0 Å². The van der Waals surface area contributed by atoms with Gasteiger partial charge in [-0.25, -0.2) is 0 Å². The van der Waals surface area contributed by atoms with E-state index >= 15 is 0 Å². The molecule has 4 rings (SSSR count). The lowest BCUT2D eigenvalue weighted by atomic mass is 10.1. The van der Waals surface area contributed by atoms with Crippen molar-refractivity contribution >= 4 is 28.2 Å². The molecule has 4 heteroatoms. The molecule has 1 saturated carbocycles. The second-order valence-electron chi connectivity index (χ2n) is 6.31. The number of pyridine rings is 1. The number of fused-ring (bicyclic) bond motifs is 1. The van der Waals surface area contributed by atoms with Gasteiger partial charge in [-0.05, 0) is 61.2 Å². The molecule has 0 radical (unpaired) electrons. The van der Waals surface area contributed by atoms with E-state index in [1.807, 2.05) is 24.3 Å². The summed E-state index contributed by atoms with van der Waals surface area (Å²) in [6, 6.07) is 13.8. The van der Waals surface area contributed by atoms with Crippen molar-refractivity contribution in [2.24, 2.45) is 0 Å². The molecule has 0 spiro atoms. The lowest BCUT2D eigenvalue weighted by Crippen LogP contribution is -1.95. The summed E-state index contributed by atoms with van der Waals surface area (Å²) in [5.41, 5.74) is 9.73. The molecule has 0 aliphatic heterocycles. The first kappa shape index (κ1) is 15.3. The zero-order valence-electron chi connectivity index (χ0n) is 13.6. The van der Waals surface area contributed by atoms with Crippen molar-refractivity contribution in [1.82, 2.24) is 4.98 Å². The first-order chi connectivity index (χ1) is 11.6. The number of aromatic nitrogens is 1.